The average molecular weight is 245 g/mol. The number of hydrogen-bond acceptors (Lipinski definition) is 3. The zero-order valence-corrected chi connectivity index (χ0v) is 9.69. The van der Waals surface area contributed by atoms with Gasteiger partial charge < -0.3 is 5.11 Å². The van der Waals surface area contributed by atoms with Crippen LogP contribution in [0.2, 0.25) is 0 Å². The molecule has 0 fully saturated rings. The Kier molecular flexibility index (Phi) is 2.97. The number of amides is 2. The van der Waals surface area contributed by atoms with E-state index in [1.807, 2.05) is 6.92 Å². The van der Waals surface area contributed by atoms with Crippen LogP contribution in [0.5, 0.6) is 0 Å². The number of fused-ring (bicyclic) bond motifs is 1. The third-order valence-electron chi connectivity index (χ3n) is 2.68. The summed E-state index contributed by atoms with van der Waals surface area (Å²) in [5, 5.41) is 11.2. The van der Waals surface area contributed by atoms with E-state index in [1.165, 1.54) is 18.2 Å². The minimum atomic E-state index is -1.09. The summed E-state index contributed by atoms with van der Waals surface area (Å²) in [6.45, 7) is 1.86. The van der Waals surface area contributed by atoms with Crippen LogP contribution in [0.15, 0.2) is 24.3 Å². The van der Waals surface area contributed by atoms with E-state index in [0.717, 1.165) is 0 Å². The van der Waals surface area contributed by atoms with Gasteiger partial charge in [0.05, 0.1) is 5.56 Å². The molecule has 0 saturated carbocycles. The van der Waals surface area contributed by atoms with E-state index in [1.54, 1.807) is 6.08 Å². The van der Waals surface area contributed by atoms with Gasteiger partial charge in [-0.05, 0) is 24.6 Å². The van der Waals surface area contributed by atoms with Crippen LogP contribution < -0.4 is 5.32 Å². The zero-order chi connectivity index (χ0) is 13.3. The molecular weight excluding hydrogens is 234 g/mol. The summed E-state index contributed by atoms with van der Waals surface area (Å²) in [5.74, 6) is -2.08. The van der Waals surface area contributed by atoms with Crippen LogP contribution in [0.4, 0.5) is 0 Å². The van der Waals surface area contributed by atoms with Crippen LogP contribution in [-0.4, -0.2) is 22.9 Å². The summed E-state index contributed by atoms with van der Waals surface area (Å²) in [5.41, 5.74) is 1.10. The molecule has 0 aliphatic carbocycles. The molecule has 1 aliphatic heterocycles. The fourth-order valence-electron chi connectivity index (χ4n) is 1.86. The lowest BCUT2D eigenvalue weighted by atomic mass is 9.92. The molecule has 5 nitrogen and oxygen atoms in total. The number of carbonyl (C=O) groups is 3. The van der Waals surface area contributed by atoms with E-state index < -0.39 is 17.8 Å². The van der Waals surface area contributed by atoms with Gasteiger partial charge >= 0.3 is 5.97 Å². The van der Waals surface area contributed by atoms with E-state index in [2.05, 4.69) is 5.32 Å². The molecule has 2 amide bonds. The number of carboxylic acid groups (broad SMARTS) is 1. The molecule has 0 radical (unpaired) electrons. The number of hydrogen-bond donors (Lipinski definition) is 2. The molecule has 0 aromatic heterocycles. The fraction of sp³-hybridized carbons (Fsp3) is 0.154. The molecule has 1 aliphatic rings. The average Bonchev–Trinajstić information content (AvgIpc) is 2.33. The Labute approximate surface area is 103 Å². The standard InChI is InChI=1S/C13H11NO4/c1-2-3-8-10-6-7(13(17)18)4-5-9(10)12(16)14-11(8)15/h3-6H,2H2,1H3,(H,17,18)(H,14,15,16)/b8-3+. The molecule has 1 aromatic carbocycles. The number of nitrogens with one attached hydrogen (secondary N) is 1. The van der Waals surface area contributed by atoms with Crippen molar-refractivity contribution in [3.05, 3.63) is 41.0 Å². The molecule has 18 heavy (non-hydrogen) atoms. The van der Waals surface area contributed by atoms with Crippen molar-refractivity contribution in [3.63, 3.8) is 0 Å². The van der Waals surface area contributed by atoms with Crippen LogP contribution >= 0.6 is 0 Å². The maximum absolute atomic E-state index is 11.7. The third-order valence-corrected chi connectivity index (χ3v) is 2.68. The number of aromatic carboxylic acids is 1. The molecule has 0 unspecified atom stereocenters. The highest BCUT2D eigenvalue weighted by Crippen LogP contribution is 2.25. The van der Waals surface area contributed by atoms with Crippen molar-refractivity contribution in [1.82, 2.24) is 5.32 Å². The van der Waals surface area contributed by atoms with Crippen molar-refractivity contribution in [2.24, 2.45) is 0 Å². The van der Waals surface area contributed by atoms with Gasteiger partial charge in [0.25, 0.3) is 11.8 Å². The second-order valence-electron chi connectivity index (χ2n) is 3.87. The van der Waals surface area contributed by atoms with Gasteiger partial charge in [0.2, 0.25) is 0 Å². The van der Waals surface area contributed by atoms with Crippen molar-refractivity contribution in [1.29, 1.82) is 0 Å². The minimum absolute atomic E-state index is 0.0539. The molecule has 0 saturated heterocycles. The zero-order valence-electron chi connectivity index (χ0n) is 9.69. The first-order valence-electron chi connectivity index (χ1n) is 5.48. The molecule has 0 atom stereocenters. The van der Waals surface area contributed by atoms with Crippen LogP contribution in [0.3, 0.4) is 0 Å². The second kappa shape index (κ2) is 4.44. The third kappa shape index (κ3) is 1.90. The van der Waals surface area contributed by atoms with Crippen LogP contribution in [-0.2, 0) is 4.79 Å². The Morgan fingerprint density at radius 3 is 2.61 bits per heavy atom. The Morgan fingerprint density at radius 2 is 2.00 bits per heavy atom. The van der Waals surface area contributed by atoms with Crippen molar-refractivity contribution >= 4 is 23.4 Å². The topological polar surface area (TPSA) is 83.5 Å². The second-order valence-corrected chi connectivity index (χ2v) is 3.87. The Hall–Kier alpha value is -2.43. The van der Waals surface area contributed by atoms with Gasteiger partial charge in [-0.2, -0.15) is 0 Å². The first kappa shape index (κ1) is 12.0. The quantitative estimate of drug-likeness (QED) is 0.610. The van der Waals surface area contributed by atoms with Gasteiger partial charge in [-0.3, -0.25) is 14.9 Å². The highest BCUT2D eigenvalue weighted by atomic mass is 16.4. The lowest BCUT2D eigenvalue weighted by molar-refractivity contribution is -0.114. The summed E-state index contributed by atoms with van der Waals surface area (Å²) >= 11 is 0. The SMILES string of the molecule is CC/C=C1/C(=O)NC(=O)c2ccc(C(=O)O)cc21. The van der Waals surface area contributed by atoms with Gasteiger partial charge in [-0.25, -0.2) is 4.79 Å². The van der Waals surface area contributed by atoms with Crippen LogP contribution in [0.1, 0.15) is 39.6 Å². The van der Waals surface area contributed by atoms with Gasteiger partial charge in [0.15, 0.2) is 0 Å². The van der Waals surface area contributed by atoms with Gasteiger partial charge in [-0.15, -0.1) is 0 Å². The van der Waals surface area contributed by atoms with E-state index in [0.29, 0.717) is 23.1 Å². The normalized spacial score (nSPS) is 16.4. The molecule has 2 rings (SSSR count). The van der Waals surface area contributed by atoms with E-state index in [-0.39, 0.29) is 5.56 Å². The number of carboxylic acids is 1. The monoisotopic (exact) mass is 245 g/mol. The van der Waals surface area contributed by atoms with Crippen LogP contribution in [0, 0.1) is 0 Å². The predicted octanol–water partition coefficient (Wildman–Crippen LogP) is 1.45. The van der Waals surface area contributed by atoms with E-state index in [4.69, 9.17) is 5.11 Å². The largest absolute Gasteiger partial charge is 0.478 e. The first-order valence-corrected chi connectivity index (χ1v) is 5.48. The first-order chi connectivity index (χ1) is 8.54. The number of carbonyl (C=O) groups excluding carboxylic acids is 2. The summed E-state index contributed by atoms with van der Waals surface area (Å²) in [6.07, 6.45) is 2.29. The summed E-state index contributed by atoms with van der Waals surface area (Å²) in [6, 6.07) is 4.12. The molecule has 2 N–H and O–H groups in total. The Bertz CT molecular complexity index is 587. The summed E-state index contributed by atoms with van der Waals surface area (Å²) < 4.78 is 0. The van der Waals surface area contributed by atoms with Crippen molar-refractivity contribution in [2.45, 2.75) is 13.3 Å². The predicted molar refractivity (Wildman–Crippen MR) is 64.1 cm³/mol. The maximum Gasteiger partial charge on any atom is 0.335 e. The van der Waals surface area contributed by atoms with Crippen molar-refractivity contribution in [2.75, 3.05) is 0 Å². The van der Waals surface area contributed by atoms with Gasteiger partial charge in [0, 0.05) is 16.7 Å². The Morgan fingerprint density at radius 1 is 1.28 bits per heavy atom. The molecule has 0 spiro atoms. The molecular formula is C13H11NO4. The molecule has 92 valence electrons. The summed E-state index contributed by atoms with van der Waals surface area (Å²) in [7, 11) is 0. The maximum atomic E-state index is 11.7. The van der Waals surface area contributed by atoms with Crippen LogP contribution in [0.25, 0.3) is 5.57 Å². The minimum Gasteiger partial charge on any atom is -0.478 e. The molecule has 5 heteroatoms. The number of rotatable bonds is 2. The Balaban J connectivity index is 2.66. The van der Waals surface area contributed by atoms with Crippen molar-refractivity contribution < 1.29 is 19.5 Å². The van der Waals surface area contributed by atoms with E-state index in [9.17, 15) is 14.4 Å². The lowest BCUT2D eigenvalue weighted by Gasteiger charge is -2.18. The fourth-order valence-corrected chi connectivity index (χ4v) is 1.86. The number of benzene rings is 1. The molecule has 1 aromatic rings. The lowest BCUT2D eigenvalue weighted by Crippen LogP contribution is -2.36. The van der Waals surface area contributed by atoms with Gasteiger partial charge in [-0.1, -0.05) is 13.0 Å². The van der Waals surface area contributed by atoms with Gasteiger partial charge in [0.1, 0.15) is 0 Å². The highest BCUT2D eigenvalue weighted by Gasteiger charge is 2.27. The molecule has 1 heterocycles. The highest BCUT2D eigenvalue weighted by molar-refractivity contribution is 6.31. The summed E-state index contributed by atoms with van der Waals surface area (Å²) in [4.78, 5) is 34.2. The molecule has 0 bridgehead atoms. The smallest absolute Gasteiger partial charge is 0.335 e. The van der Waals surface area contributed by atoms with E-state index >= 15 is 0 Å². The number of allylic oxidation sites excluding steroid dienone is 1. The van der Waals surface area contributed by atoms with Crippen molar-refractivity contribution in [3.8, 4) is 0 Å². The number of imide groups is 1.